The van der Waals surface area contributed by atoms with Crippen LogP contribution in [0.4, 0.5) is 0 Å². The molecule has 4 heteroatoms. The first-order valence-corrected chi connectivity index (χ1v) is 8.46. The van der Waals surface area contributed by atoms with Crippen molar-refractivity contribution in [1.29, 1.82) is 0 Å². The number of rotatable bonds is 4. The molecule has 24 heavy (non-hydrogen) atoms. The van der Waals surface area contributed by atoms with Gasteiger partial charge in [0.05, 0.1) is 17.6 Å². The van der Waals surface area contributed by atoms with Crippen molar-refractivity contribution in [2.45, 2.75) is 25.3 Å². The fourth-order valence-electron chi connectivity index (χ4n) is 3.41. The largest absolute Gasteiger partial charge is 0.508 e. The van der Waals surface area contributed by atoms with Crippen molar-refractivity contribution >= 4 is 0 Å². The van der Waals surface area contributed by atoms with Gasteiger partial charge in [0.2, 0.25) is 0 Å². The van der Waals surface area contributed by atoms with Crippen LogP contribution in [0.2, 0.25) is 0 Å². The third-order valence-corrected chi connectivity index (χ3v) is 4.65. The lowest BCUT2D eigenvalue weighted by molar-refractivity contribution is 0.475. The monoisotopic (exact) mass is 319 g/mol. The van der Waals surface area contributed by atoms with E-state index in [1.807, 2.05) is 41.2 Å². The van der Waals surface area contributed by atoms with Gasteiger partial charge in [-0.2, -0.15) is 5.10 Å². The molecule has 0 saturated carbocycles. The van der Waals surface area contributed by atoms with Gasteiger partial charge in [-0.1, -0.05) is 30.3 Å². The lowest BCUT2D eigenvalue weighted by Crippen LogP contribution is -2.25. The molecule has 1 saturated heterocycles. The Kier molecular flexibility index (Phi) is 4.05. The molecule has 1 unspecified atom stereocenters. The standard InChI is InChI=1S/C20H21N3O/c24-18-10-8-15(9-11-18)19-14-22-23(17-6-2-1-3-7-17)20(19)13-16-5-4-12-21-16/h1-3,6-11,14,16,21,24H,4-5,12-13H2. The van der Waals surface area contributed by atoms with Crippen molar-refractivity contribution in [3.8, 4) is 22.6 Å². The molecule has 3 aromatic rings. The lowest BCUT2D eigenvalue weighted by Gasteiger charge is -2.14. The zero-order valence-corrected chi connectivity index (χ0v) is 13.5. The van der Waals surface area contributed by atoms with E-state index in [1.165, 1.54) is 18.5 Å². The summed E-state index contributed by atoms with van der Waals surface area (Å²) in [6, 6.07) is 18.1. The summed E-state index contributed by atoms with van der Waals surface area (Å²) in [6.45, 7) is 1.10. The highest BCUT2D eigenvalue weighted by Crippen LogP contribution is 2.29. The molecule has 122 valence electrons. The molecule has 1 aliphatic rings. The highest BCUT2D eigenvalue weighted by atomic mass is 16.3. The third-order valence-electron chi connectivity index (χ3n) is 4.65. The average Bonchev–Trinajstić information content (AvgIpc) is 3.27. The van der Waals surface area contributed by atoms with Crippen LogP contribution in [-0.4, -0.2) is 27.5 Å². The summed E-state index contributed by atoms with van der Waals surface area (Å²) < 4.78 is 2.04. The van der Waals surface area contributed by atoms with Crippen LogP contribution in [0.15, 0.2) is 60.8 Å². The molecular weight excluding hydrogens is 298 g/mol. The number of hydrogen-bond acceptors (Lipinski definition) is 3. The molecule has 0 spiro atoms. The van der Waals surface area contributed by atoms with Crippen molar-refractivity contribution in [3.05, 3.63) is 66.5 Å². The number of hydrogen-bond donors (Lipinski definition) is 2. The van der Waals surface area contributed by atoms with Crippen LogP contribution in [-0.2, 0) is 6.42 Å². The molecule has 2 heterocycles. The molecule has 2 N–H and O–H groups in total. The third kappa shape index (κ3) is 2.93. The SMILES string of the molecule is Oc1ccc(-c2cnn(-c3ccccc3)c2CC2CCCN2)cc1. The maximum atomic E-state index is 9.56. The van der Waals surface area contributed by atoms with Gasteiger partial charge >= 0.3 is 0 Å². The van der Waals surface area contributed by atoms with Gasteiger partial charge in [0.15, 0.2) is 0 Å². The van der Waals surface area contributed by atoms with Crippen LogP contribution in [0.25, 0.3) is 16.8 Å². The quantitative estimate of drug-likeness (QED) is 0.773. The molecule has 1 aromatic heterocycles. The van der Waals surface area contributed by atoms with Crippen molar-refractivity contribution in [2.75, 3.05) is 6.54 Å². The number of aromatic nitrogens is 2. The fraction of sp³-hybridized carbons (Fsp3) is 0.250. The minimum Gasteiger partial charge on any atom is -0.508 e. The normalized spacial score (nSPS) is 17.2. The first-order valence-electron chi connectivity index (χ1n) is 8.46. The number of para-hydroxylation sites is 1. The van der Waals surface area contributed by atoms with Gasteiger partial charge < -0.3 is 10.4 Å². The van der Waals surface area contributed by atoms with E-state index < -0.39 is 0 Å². The molecule has 1 fully saturated rings. The summed E-state index contributed by atoms with van der Waals surface area (Å²) in [5.41, 5.74) is 4.51. The van der Waals surface area contributed by atoms with Gasteiger partial charge in [-0.25, -0.2) is 4.68 Å². The van der Waals surface area contributed by atoms with Crippen LogP contribution < -0.4 is 5.32 Å². The maximum absolute atomic E-state index is 9.56. The van der Waals surface area contributed by atoms with Gasteiger partial charge in [0, 0.05) is 18.0 Å². The Morgan fingerprint density at radius 2 is 1.88 bits per heavy atom. The maximum Gasteiger partial charge on any atom is 0.115 e. The second-order valence-corrected chi connectivity index (χ2v) is 6.30. The van der Waals surface area contributed by atoms with Gasteiger partial charge in [-0.15, -0.1) is 0 Å². The number of nitrogens with one attached hydrogen (secondary N) is 1. The number of nitrogens with zero attached hydrogens (tertiary/aromatic N) is 2. The number of phenols is 1. The fourth-order valence-corrected chi connectivity index (χ4v) is 3.41. The van der Waals surface area contributed by atoms with Crippen molar-refractivity contribution < 1.29 is 5.11 Å². The van der Waals surface area contributed by atoms with E-state index >= 15 is 0 Å². The minimum atomic E-state index is 0.285. The number of phenolic OH excluding ortho intramolecular Hbond substituents is 1. The van der Waals surface area contributed by atoms with Crippen LogP contribution in [0.1, 0.15) is 18.5 Å². The number of aromatic hydroxyl groups is 1. The van der Waals surface area contributed by atoms with Crippen LogP contribution in [0, 0.1) is 0 Å². The minimum absolute atomic E-state index is 0.285. The second-order valence-electron chi connectivity index (χ2n) is 6.30. The molecule has 1 aliphatic heterocycles. The molecular formula is C20H21N3O. The first kappa shape index (κ1) is 15.0. The van der Waals surface area contributed by atoms with Gasteiger partial charge in [-0.3, -0.25) is 0 Å². The summed E-state index contributed by atoms with van der Waals surface area (Å²) in [5.74, 6) is 0.285. The highest BCUT2D eigenvalue weighted by Gasteiger charge is 2.21. The Morgan fingerprint density at radius 3 is 2.58 bits per heavy atom. The van der Waals surface area contributed by atoms with E-state index in [0.717, 1.165) is 29.8 Å². The van der Waals surface area contributed by atoms with Crippen LogP contribution in [0.5, 0.6) is 5.75 Å². The Hall–Kier alpha value is -2.59. The van der Waals surface area contributed by atoms with E-state index in [1.54, 1.807) is 12.1 Å². The van der Waals surface area contributed by atoms with E-state index in [9.17, 15) is 5.11 Å². The predicted octanol–water partition coefficient (Wildman–Crippen LogP) is 3.54. The van der Waals surface area contributed by atoms with Gasteiger partial charge in [-0.05, 0) is 49.2 Å². The molecule has 1 atom stereocenters. The van der Waals surface area contributed by atoms with E-state index in [4.69, 9.17) is 0 Å². The predicted molar refractivity (Wildman–Crippen MR) is 95.4 cm³/mol. The van der Waals surface area contributed by atoms with Gasteiger partial charge in [0.25, 0.3) is 0 Å². The molecule has 0 aliphatic carbocycles. The summed E-state index contributed by atoms with van der Waals surface area (Å²) in [4.78, 5) is 0. The van der Waals surface area contributed by atoms with Crippen molar-refractivity contribution in [1.82, 2.24) is 15.1 Å². The smallest absolute Gasteiger partial charge is 0.115 e. The summed E-state index contributed by atoms with van der Waals surface area (Å²) in [6.07, 6.45) is 5.32. The van der Waals surface area contributed by atoms with Crippen molar-refractivity contribution in [3.63, 3.8) is 0 Å². The Labute approximate surface area is 141 Å². The second kappa shape index (κ2) is 6.49. The Morgan fingerprint density at radius 1 is 1.08 bits per heavy atom. The molecule has 4 nitrogen and oxygen atoms in total. The van der Waals surface area contributed by atoms with Crippen LogP contribution in [0.3, 0.4) is 0 Å². The lowest BCUT2D eigenvalue weighted by atomic mass is 10.0. The molecule has 0 amide bonds. The zero-order chi connectivity index (χ0) is 16.4. The first-order chi connectivity index (χ1) is 11.8. The molecule has 2 aromatic carbocycles. The summed E-state index contributed by atoms with van der Waals surface area (Å²) in [5, 5.41) is 17.8. The van der Waals surface area contributed by atoms with Crippen molar-refractivity contribution in [2.24, 2.45) is 0 Å². The Balaban J connectivity index is 1.78. The van der Waals surface area contributed by atoms with Gasteiger partial charge in [0.1, 0.15) is 5.75 Å². The van der Waals surface area contributed by atoms with E-state index in [-0.39, 0.29) is 5.75 Å². The molecule has 0 bridgehead atoms. The van der Waals surface area contributed by atoms with Crippen LogP contribution >= 0.6 is 0 Å². The Bertz CT molecular complexity index is 803. The van der Waals surface area contributed by atoms with E-state index in [0.29, 0.717) is 6.04 Å². The summed E-state index contributed by atoms with van der Waals surface area (Å²) >= 11 is 0. The summed E-state index contributed by atoms with van der Waals surface area (Å²) in [7, 11) is 0. The molecule has 4 rings (SSSR count). The average molecular weight is 319 g/mol. The van der Waals surface area contributed by atoms with E-state index in [2.05, 4.69) is 22.5 Å². The number of benzene rings is 2. The molecule has 0 radical (unpaired) electrons. The highest BCUT2D eigenvalue weighted by molar-refractivity contribution is 5.67. The zero-order valence-electron chi connectivity index (χ0n) is 13.5. The topological polar surface area (TPSA) is 50.1 Å².